The first-order chi connectivity index (χ1) is 28.5. The second-order valence-corrected chi connectivity index (χ2v) is 14.3. The van der Waals surface area contributed by atoms with E-state index in [-0.39, 0.29) is 184 Å². The number of phenolic OH excluding ortho intramolecular Hbond substituents is 2. The van der Waals surface area contributed by atoms with Crippen LogP contribution in [0.15, 0.2) is 58.3 Å². The molecule has 0 aliphatic heterocycles. The molecule has 16 nitrogen and oxygen atoms in total. The summed E-state index contributed by atoms with van der Waals surface area (Å²) >= 11 is 0. The number of hydrogen-bond donors (Lipinski definition) is 2. The summed E-state index contributed by atoms with van der Waals surface area (Å²) in [7, 11) is -16.5. The molecular weight excluding hydrogens is 1180 g/mol. The van der Waals surface area contributed by atoms with Crippen molar-refractivity contribution in [2.75, 3.05) is 0 Å². The number of fused-ring (bicyclic) bond motifs is 2. The SMILES string of the molecule is O=S(=O)([O-])c1cc2c[c-]c(O)cc2cc1O.O=S(=O)([O-])c1cc2c[c-]c(Oc3c(F)c(F)c(F)c(F)c3F)cc2cc1Oc1c(F)c(F)c(F)c(F)c1F.O=S(=O)=O.O=S(=O)=O.[Na+].[Na+].[Na+].[Na+].[Xe]. The van der Waals surface area contributed by atoms with Crippen LogP contribution in [0, 0.1) is 119 Å². The van der Waals surface area contributed by atoms with Crippen LogP contribution in [0.4, 0.5) is 43.9 Å². The second-order valence-electron chi connectivity index (χ2n) is 10.8. The normalized spacial score (nSPS) is 10.2. The second kappa shape index (κ2) is 29.5. The van der Waals surface area contributed by atoms with Crippen molar-refractivity contribution in [3.05, 3.63) is 119 Å². The van der Waals surface area contributed by atoms with E-state index >= 15 is 0 Å². The van der Waals surface area contributed by atoms with Crippen LogP contribution in [-0.4, -0.2) is 61.4 Å². The zero-order chi connectivity index (χ0) is 47.3. The smallest absolute Gasteiger partial charge is 0.744 e. The summed E-state index contributed by atoms with van der Waals surface area (Å²) in [5.41, 5.74) is 0. The van der Waals surface area contributed by atoms with Crippen LogP contribution in [-0.2, 0) is 41.5 Å². The Morgan fingerprint density at radius 1 is 0.463 bits per heavy atom. The maximum atomic E-state index is 14.0. The number of halogens is 10. The van der Waals surface area contributed by atoms with Crippen molar-refractivity contribution in [3.63, 3.8) is 0 Å². The molecule has 0 spiro atoms. The van der Waals surface area contributed by atoms with Gasteiger partial charge in [0, 0.05) is 60.4 Å². The molecule has 0 fully saturated rings. The summed E-state index contributed by atoms with van der Waals surface area (Å²) in [5, 5.41) is 18.7. The largest absolute Gasteiger partial charge is 1.00 e. The summed E-state index contributed by atoms with van der Waals surface area (Å²) in [6.45, 7) is 0. The van der Waals surface area contributed by atoms with E-state index in [2.05, 4.69) is 21.6 Å². The third kappa shape index (κ3) is 18.8. The number of rotatable bonds is 6. The molecule has 6 rings (SSSR count). The fourth-order valence-electron chi connectivity index (χ4n) is 4.47. The summed E-state index contributed by atoms with van der Waals surface area (Å²) in [6, 6.07) is 12.0. The summed E-state index contributed by atoms with van der Waals surface area (Å²) < 4.78 is 264. The monoisotopic (exact) mass is 1190 g/mol. The van der Waals surface area contributed by atoms with E-state index < -0.39 is 138 Å². The quantitative estimate of drug-likeness (QED) is 0.0392. The van der Waals surface area contributed by atoms with Gasteiger partial charge in [0.05, 0.1) is 9.79 Å². The van der Waals surface area contributed by atoms with Gasteiger partial charge in [-0.05, 0) is 12.1 Å². The molecular formula is C32H10F10Na4O16S4Xe. The van der Waals surface area contributed by atoms with E-state index in [1.54, 1.807) is 0 Å². The van der Waals surface area contributed by atoms with E-state index in [0.29, 0.717) is 22.9 Å². The molecule has 0 heterocycles. The van der Waals surface area contributed by atoms with Crippen LogP contribution in [0.2, 0.25) is 0 Å². The summed E-state index contributed by atoms with van der Waals surface area (Å²) in [4.78, 5) is -2.02. The van der Waals surface area contributed by atoms with Gasteiger partial charge in [0.25, 0.3) is 0 Å². The summed E-state index contributed by atoms with van der Waals surface area (Å²) in [5.74, 6) is -30.9. The molecule has 0 aliphatic rings. The van der Waals surface area contributed by atoms with Gasteiger partial charge in [0.2, 0.25) is 69.7 Å². The number of hydrogen-bond acceptors (Lipinski definition) is 16. The number of phenols is 2. The molecule has 2 N–H and O–H groups in total. The molecule has 340 valence electrons. The molecule has 6 aromatic carbocycles. The van der Waals surface area contributed by atoms with Gasteiger partial charge in [-0.25, -0.2) is 43.2 Å². The van der Waals surface area contributed by atoms with Crippen molar-refractivity contribution in [2.24, 2.45) is 0 Å². The molecule has 0 aliphatic carbocycles. The molecule has 0 bridgehead atoms. The van der Waals surface area contributed by atoms with Crippen LogP contribution in [0.3, 0.4) is 0 Å². The van der Waals surface area contributed by atoms with Gasteiger partial charge < -0.3 is 28.8 Å². The minimum Gasteiger partial charge on any atom is -0.744 e. The average Bonchev–Trinajstić information content (AvgIpc) is 3.16. The third-order valence-corrected chi connectivity index (χ3v) is 8.66. The van der Waals surface area contributed by atoms with E-state index in [9.17, 15) is 75.0 Å². The average molecular weight is 1190 g/mol. The standard InChI is InChI=1S/C22H5F10O5S.C10H7O5S.4Na.2O3S.Xe/c23-11-13(25)17(29)21(18(30)14(11)26)36-8-2-1-6-5-10(38(33,34)35)9(4-7(6)3-8)37-22-19(31)15(27)12(24)16(28)20(22)32;11-8-2-1-6-5-10(16(13,14)15)9(12)4-7(6)3-8;;;;;2*1-4(2)3;/h1,3-5H,(H,33,34,35);1,3-5,11-12H,(H,13,14,15);;;;;;;/q2*-1;4*+1;;;/p-2. The zero-order valence-electron chi connectivity index (χ0n) is 33.0. The van der Waals surface area contributed by atoms with Gasteiger partial charge in [-0.1, -0.05) is 12.1 Å². The number of aromatic hydroxyl groups is 2. The van der Waals surface area contributed by atoms with Crippen molar-refractivity contribution in [2.45, 2.75) is 9.79 Å². The van der Waals surface area contributed by atoms with Crippen molar-refractivity contribution in [3.8, 4) is 34.5 Å². The minimum atomic E-state index is -5.53. The Kier molecular flexibility index (Phi) is 30.9. The Morgan fingerprint density at radius 2 is 0.791 bits per heavy atom. The van der Waals surface area contributed by atoms with Gasteiger partial charge in [-0.3, -0.25) is 0 Å². The fraction of sp³-hybridized carbons (Fsp3) is 0. The van der Waals surface area contributed by atoms with Crippen molar-refractivity contribution in [1.29, 1.82) is 0 Å². The molecule has 0 atom stereocenters. The predicted octanol–water partition coefficient (Wildman–Crippen LogP) is -6.52. The van der Waals surface area contributed by atoms with Crippen molar-refractivity contribution < 1.29 is 282 Å². The molecule has 67 heavy (non-hydrogen) atoms. The van der Waals surface area contributed by atoms with E-state index in [1.165, 1.54) is 12.1 Å². The Bertz CT molecular complexity index is 3180. The Balaban J connectivity index is -0.00000118. The molecule has 0 aromatic heterocycles. The van der Waals surface area contributed by atoms with Crippen molar-refractivity contribution >= 4 is 63.0 Å². The van der Waals surface area contributed by atoms with Gasteiger partial charge in [0.15, 0.2) is 0 Å². The predicted molar refractivity (Wildman–Crippen MR) is 177 cm³/mol. The molecule has 0 unspecified atom stereocenters. The van der Waals surface area contributed by atoms with Gasteiger partial charge in [0.1, 0.15) is 31.7 Å². The van der Waals surface area contributed by atoms with Crippen LogP contribution < -0.4 is 128 Å². The Hall–Kier alpha value is -1.03. The van der Waals surface area contributed by atoms with Gasteiger partial charge >= 0.3 is 139 Å². The van der Waals surface area contributed by atoms with Crippen molar-refractivity contribution in [1.82, 2.24) is 0 Å². The summed E-state index contributed by atoms with van der Waals surface area (Å²) in [6.07, 6.45) is 0. The fourth-order valence-corrected chi connectivity index (χ4v) is 5.67. The van der Waals surface area contributed by atoms with Crippen LogP contribution in [0.1, 0.15) is 0 Å². The molecule has 0 saturated heterocycles. The zero-order valence-corrected chi connectivity index (χ0v) is 46.3. The molecule has 35 heteroatoms. The molecule has 0 saturated carbocycles. The Morgan fingerprint density at radius 3 is 1.18 bits per heavy atom. The van der Waals surface area contributed by atoms with Gasteiger partial charge in [-0.2, -0.15) is 29.7 Å². The van der Waals surface area contributed by atoms with Gasteiger partial charge in [-0.15, -0.1) is 71.1 Å². The third-order valence-electron chi connectivity index (χ3n) is 6.94. The maximum absolute atomic E-state index is 14.0. The topological polar surface area (TPSA) is 276 Å². The maximum Gasteiger partial charge on any atom is 1.00 e. The number of benzene rings is 6. The minimum absolute atomic E-state index is 0. The molecule has 0 radical (unpaired) electrons. The Labute approximate surface area is 500 Å². The molecule has 0 amide bonds. The van der Waals surface area contributed by atoms with E-state index in [0.717, 1.165) is 24.3 Å². The molecule has 6 aromatic rings. The first kappa shape index (κ1) is 70.2. The number of ether oxygens (including phenoxy) is 2. The van der Waals surface area contributed by atoms with Crippen LogP contribution in [0.25, 0.3) is 21.5 Å². The first-order valence-corrected chi connectivity index (χ1v) is 19.5. The van der Waals surface area contributed by atoms with E-state index in [4.69, 9.17) is 30.4 Å². The van der Waals surface area contributed by atoms with E-state index in [1.807, 2.05) is 0 Å². The first-order valence-electron chi connectivity index (χ1n) is 14.7. The van der Waals surface area contributed by atoms with Crippen LogP contribution >= 0.6 is 0 Å². The van der Waals surface area contributed by atoms with Crippen LogP contribution in [0.5, 0.6) is 34.5 Å².